The molecular weight excluding hydrogens is 290 g/mol. The summed E-state index contributed by atoms with van der Waals surface area (Å²) in [5.41, 5.74) is 4.91. The molecule has 2 aromatic rings. The summed E-state index contributed by atoms with van der Waals surface area (Å²) in [5.74, 6) is 0. The lowest BCUT2D eigenvalue weighted by Crippen LogP contribution is -2.37. The number of rotatable bonds is 5. The average molecular weight is 315 g/mol. The van der Waals surface area contributed by atoms with Crippen molar-refractivity contribution in [3.63, 3.8) is 0 Å². The molecule has 0 aliphatic carbocycles. The minimum absolute atomic E-state index is 0.00459. The van der Waals surface area contributed by atoms with Crippen molar-refractivity contribution in [3.8, 4) is 0 Å². The van der Waals surface area contributed by atoms with Gasteiger partial charge in [0.25, 0.3) is 0 Å². The lowest BCUT2D eigenvalue weighted by molar-refractivity contribution is 0.249. The van der Waals surface area contributed by atoms with Gasteiger partial charge < -0.3 is 15.5 Å². The fraction of sp³-hybridized carbons (Fsp3) is 0.412. The summed E-state index contributed by atoms with van der Waals surface area (Å²) in [4.78, 5) is 14.2. The number of H-pyrrole nitrogens is 1. The molecule has 1 aromatic carbocycles. The van der Waals surface area contributed by atoms with E-state index in [1.54, 1.807) is 0 Å². The Morgan fingerprint density at radius 3 is 2.70 bits per heavy atom. The van der Waals surface area contributed by atoms with E-state index in [1.165, 1.54) is 0 Å². The molecular formula is C17H25N5O. The SMILES string of the molecule is Cc1cc(CC(C)NC(=O)Nc2cccc(N(C)C)c2C)n[nH]1. The zero-order valence-corrected chi connectivity index (χ0v) is 14.4. The van der Waals surface area contributed by atoms with Crippen LogP contribution in [0.2, 0.25) is 0 Å². The number of amides is 2. The monoisotopic (exact) mass is 315 g/mol. The number of urea groups is 1. The predicted molar refractivity (Wildman–Crippen MR) is 94.2 cm³/mol. The summed E-state index contributed by atoms with van der Waals surface area (Å²) in [5, 5.41) is 13.0. The van der Waals surface area contributed by atoms with Gasteiger partial charge in [0.1, 0.15) is 0 Å². The third-order valence-electron chi connectivity index (χ3n) is 3.69. The lowest BCUT2D eigenvalue weighted by atomic mass is 10.1. The molecule has 0 saturated heterocycles. The molecule has 1 aromatic heterocycles. The Balaban J connectivity index is 1.95. The van der Waals surface area contributed by atoms with Crippen molar-refractivity contribution >= 4 is 17.4 Å². The Labute approximate surface area is 137 Å². The maximum Gasteiger partial charge on any atom is 0.319 e. The molecule has 0 aliphatic rings. The molecule has 3 N–H and O–H groups in total. The van der Waals surface area contributed by atoms with Crippen molar-refractivity contribution in [3.05, 3.63) is 41.2 Å². The molecule has 2 amide bonds. The van der Waals surface area contributed by atoms with Crippen LogP contribution in [0.15, 0.2) is 24.3 Å². The van der Waals surface area contributed by atoms with E-state index in [0.717, 1.165) is 28.3 Å². The number of nitrogens with zero attached hydrogens (tertiary/aromatic N) is 2. The average Bonchev–Trinajstić information content (AvgIpc) is 2.85. The molecule has 124 valence electrons. The lowest BCUT2D eigenvalue weighted by Gasteiger charge is -2.19. The number of aryl methyl sites for hydroxylation is 1. The Kier molecular flexibility index (Phi) is 5.26. The molecule has 0 radical (unpaired) electrons. The standard InChI is InChI=1S/C17H25N5O/c1-11(9-14-10-12(2)20-21-14)18-17(23)19-15-7-6-8-16(13(15)3)22(4)5/h6-8,10-11H,9H2,1-5H3,(H,20,21)(H2,18,19,23). The molecule has 0 spiro atoms. The van der Waals surface area contributed by atoms with E-state index in [4.69, 9.17) is 0 Å². The van der Waals surface area contributed by atoms with Crippen LogP contribution < -0.4 is 15.5 Å². The second kappa shape index (κ2) is 7.17. The maximum atomic E-state index is 12.2. The number of aromatic nitrogens is 2. The molecule has 6 nitrogen and oxygen atoms in total. The minimum atomic E-state index is -0.205. The van der Waals surface area contributed by atoms with Crippen LogP contribution in [0.1, 0.15) is 23.9 Å². The molecule has 0 aliphatic heterocycles. The van der Waals surface area contributed by atoms with Gasteiger partial charge in [0.05, 0.1) is 5.69 Å². The molecule has 6 heteroatoms. The number of benzene rings is 1. The smallest absolute Gasteiger partial charge is 0.319 e. The number of carbonyl (C=O) groups is 1. The molecule has 0 saturated carbocycles. The third-order valence-corrected chi connectivity index (χ3v) is 3.69. The van der Waals surface area contributed by atoms with Gasteiger partial charge in [-0.25, -0.2) is 4.79 Å². The van der Waals surface area contributed by atoms with Gasteiger partial charge in [-0.05, 0) is 44.5 Å². The van der Waals surface area contributed by atoms with Gasteiger partial charge in [0.15, 0.2) is 0 Å². The van der Waals surface area contributed by atoms with Crippen molar-refractivity contribution in [1.29, 1.82) is 0 Å². The Bertz CT molecular complexity index is 677. The van der Waals surface area contributed by atoms with Gasteiger partial charge in [-0.1, -0.05) is 6.07 Å². The molecule has 0 fully saturated rings. The quantitative estimate of drug-likeness (QED) is 0.794. The summed E-state index contributed by atoms with van der Waals surface area (Å²) in [6.45, 7) is 5.93. The summed E-state index contributed by atoms with van der Waals surface area (Å²) in [7, 11) is 3.97. The largest absolute Gasteiger partial charge is 0.377 e. The molecule has 0 bridgehead atoms. The van der Waals surface area contributed by atoms with Crippen LogP contribution in [0.4, 0.5) is 16.2 Å². The van der Waals surface area contributed by atoms with Crippen LogP contribution in [0.3, 0.4) is 0 Å². The number of aromatic amines is 1. The molecule has 1 unspecified atom stereocenters. The third kappa shape index (κ3) is 4.48. The highest BCUT2D eigenvalue weighted by molar-refractivity contribution is 5.91. The Hall–Kier alpha value is -2.50. The first-order valence-corrected chi connectivity index (χ1v) is 7.72. The number of anilines is 2. The summed E-state index contributed by atoms with van der Waals surface area (Å²) in [6, 6.07) is 7.65. The fourth-order valence-corrected chi connectivity index (χ4v) is 2.57. The second-order valence-electron chi connectivity index (χ2n) is 6.09. The molecule has 2 rings (SSSR count). The van der Waals surface area contributed by atoms with Gasteiger partial charge in [0, 0.05) is 43.6 Å². The number of carbonyl (C=O) groups excluding carboxylic acids is 1. The number of hydrogen-bond donors (Lipinski definition) is 3. The van der Waals surface area contributed by atoms with Crippen molar-refractivity contribution in [1.82, 2.24) is 15.5 Å². The highest BCUT2D eigenvalue weighted by atomic mass is 16.2. The van der Waals surface area contributed by atoms with E-state index in [0.29, 0.717) is 6.42 Å². The van der Waals surface area contributed by atoms with E-state index in [9.17, 15) is 4.79 Å². The van der Waals surface area contributed by atoms with E-state index >= 15 is 0 Å². The topological polar surface area (TPSA) is 73.1 Å². The first-order valence-electron chi connectivity index (χ1n) is 7.72. The first-order chi connectivity index (χ1) is 10.9. The van der Waals surface area contributed by atoms with Crippen LogP contribution >= 0.6 is 0 Å². The Morgan fingerprint density at radius 2 is 2.09 bits per heavy atom. The number of nitrogens with one attached hydrogen (secondary N) is 3. The van der Waals surface area contributed by atoms with Gasteiger partial charge in [-0.3, -0.25) is 5.10 Å². The van der Waals surface area contributed by atoms with E-state index < -0.39 is 0 Å². The van der Waals surface area contributed by atoms with Gasteiger partial charge in [0.2, 0.25) is 0 Å². The molecule has 1 heterocycles. The number of hydrogen-bond acceptors (Lipinski definition) is 3. The van der Waals surface area contributed by atoms with Crippen LogP contribution in [0.5, 0.6) is 0 Å². The van der Waals surface area contributed by atoms with Crippen molar-refractivity contribution in [2.45, 2.75) is 33.2 Å². The molecule has 23 heavy (non-hydrogen) atoms. The zero-order chi connectivity index (χ0) is 17.0. The van der Waals surface area contributed by atoms with Crippen molar-refractivity contribution in [2.24, 2.45) is 0 Å². The van der Waals surface area contributed by atoms with E-state index in [1.807, 2.05) is 64.0 Å². The predicted octanol–water partition coefficient (Wildman–Crippen LogP) is 2.85. The first kappa shape index (κ1) is 16.9. The summed E-state index contributed by atoms with van der Waals surface area (Å²) < 4.78 is 0. The van der Waals surface area contributed by atoms with Crippen molar-refractivity contribution < 1.29 is 4.79 Å². The highest BCUT2D eigenvalue weighted by Gasteiger charge is 2.12. The van der Waals surface area contributed by atoms with Crippen molar-refractivity contribution in [2.75, 3.05) is 24.3 Å². The van der Waals surface area contributed by atoms with Gasteiger partial charge in [-0.15, -0.1) is 0 Å². The van der Waals surface area contributed by atoms with Crippen LogP contribution in [-0.4, -0.2) is 36.4 Å². The molecule has 1 atom stereocenters. The zero-order valence-electron chi connectivity index (χ0n) is 14.4. The van der Waals surface area contributed by atoms with Crippen LogP contribution in [0, 0.1) is 13.8 Å². The minimum Gasteiger partial charge on any atom is -0.377 e. The highest BCUT2D eigenvalue weighted by Crippen LogP contribution is 2.25. The maximum absolute atomic E-state index is 12.2. The fourth-order valence-electron chi connectivity index (χ4n) is 2.57. The van der Waals surface area contributed by atoms with Crippen LogP contribution in [-0.2, 0) is 6.42 Å². The van der Waals surface area contributed by atoms with Gasteiger partial charge >= 0.3 is 6.03 Å². The normalized spacial score (nSPS) is 11.9. The van der Waals surface area contributed by atoms with Gasteiger partial charge in [-0.2, -0.15) is 5.10 Å². The van der Waals surface area contributed by atoms with E-state index in [-0.39, 0.29) is 12.1 Å². The Morgan fingerprint density at radius 1 is 1.35 bits per heavy atom. The van der Waals surface area contributed by atoms with Crippen LogP contribution in [0.25, 0.3) is 0 Å². The second-order valence-corrected chi connectivity index (χ2v) is 6.09. The summed E-state index contributed by atoms with van der Waals surface area (Å²) >= 11 is 0. The summed E-state index contributed by atoms with van der Waals surface area (Å²) in [6.07, 6.45) is 0.689. The van der Waals surface area contributed by atoms with E-state index in [2.05, 4.69) is 20.8 Å².